The SMILES string of the molecule is COC(=O)C1(C2(O)CCSC2)CCOC1. The zero-order valence-corrected chi connectivity index (χ0v) is 9.64. The Hall–Kier alpha value is -0.260. The maximum atomic E-state index is 11.9. The van der Waals surface area contributed by atoms with Crippen LogP contribution in [0.1, 0.15) is 12.8 Å². The smallest absolute Gasteiger partial charge is 0.317 e. The van der Waals surface area contributed by atoms with Crippen LogP contribution in [0.15, 0.2) is 0 Å². The predicted octanol–water partition coefficient (Wildman–Crippen LogP) is 0.434. The highest BCUT2D eigenvalue weighted by molar-refractivity contribution is 7.99. The van der Waals surface area contributed by atoms with Crippen LogP contribution in [0.2, 0.25) is 0 Å². The normalized spacial score (nSPS) is 40.7. The molecule has 2 saturated heterocycles. The summed E-state index contributed by atoms with van der Waals surface area (Å²) in [5.74, 6) is 1.17. The summed E-state index contributed by atoms with van der Waals surface area (Å²) >= 11 is 1.68. The molecule has 0 amide bonds. The van der Waals surface area contributed by atoms with Gasteiger partial charge in [-0.25, -0.2) is 0 Å². The number of esters is 1. The molecule has 2 aliphatic heterocycles. The van der Waals surface area contributed by atoms with Crippen LogP contribution in [0.3, 0.4) is 0 Å². The lowest BCUT2D eigenvalue weighted by Gasteiger charge is -2.38. The summed E-state index contributed by atoms with van der Waals surface area (Å²) in [6, 6.07) is 0. The molecule has 1 N–H and O–H groups in total. The number of ether oxygens (including phenoxy) is 2. The molecule has 2 atom stereocenters. The van der Waals surface area contributed by atoms with E-state index in [1.165, 1.54) is 7.11 Å². The number of hydrogen-bond acceptors (Lipinski definition) is 5. The second kappa shape index (κ2) is 3.96. The highest BCUT2D eigenvalue weighted by Gasteiger charge is 2.59. The van der Waals surface area contributed by atoms with Crippen molar-refractivity contribution in [1.29, 1.82) is 0 Å². The summed E-state index contributed by atoms with van der Waals surface area (Å²) in [4.78, 5) is 11.9. The standard InChI is InChI=1S/C10H16O4S/c1-13-8(11)9(2-4-14-6-9)10(12)3-5-15-7-10/h12H,2-7H2,1H3. The zero-order chi connectivity index (χ0) is 10.9. The lowest BCUT2D eigenvalue weighted by molar-refractivity contribution is -0.170. The van der Waals surface area contributed by atoms with Gasteiger partial charge >= 0.3 is 5.97 Å². The van der Waals surface area contributed by atoms with Crippen molar-refractivity contribution < 1.29 is 19.4 Å². The van der Waals surface area contributed by atoms with E-state index in [9.17, 15) is 9.90 Å². The summed E-state index contributed by atoms with van der Waals surface area (Å²) in [5.41, 5.74) is -1.77. The third-order valence-corrected chi connectivity index (χ3v) is 4.66. The highest BCUT2D eigenvalue weighted by atomic mass is 32.2. The number of carbonyl (C=O) groups is 1. The average Bonchev–Trinajstić information content (AvgIpc) is 2.86. The van der Waals surface area contributed by atoms with Gasteiger partial charge in [0.1, 0.15) is 5.41 Å². The van der Waals surface area contributed by atoms with Crippen molar-refractivity contribution in [2.24, 2.45) is 5.41 Å². The van der Waals surface area contributed by atoms with Crippen LogP contribution >= 0.6 is 11.8 Å². The summed E-state index contributed by atoms with van der Waals surface area (Å²) in [6.45, 7) is 0.818. The fourth-order valence-electron chi connectivity index (χ4n) is 2.41. The van der Waals surface area contributed by atoms with Gasteiger partial charge in [0.2, 0.25) is 0 Å². The Bertz CT molecular complexity index is 254. The Morgan fingerprint density at radius 2 is 2.33 bits per heavy atom. The molecular weight excluding hydrogens is 216 g/mol. The predicted molar refractivity (Wildman–Crippen MR) is 56.8 cm³/mol. The van der Waals surface area contributed by atoms with Crippen LogP contribution in [0.4, 0.5) is 0 Å². The van der Waals surface area contributed by atoms with Crippen LogP contribution in [0.5, 0.6) is 0 Å². The lowest BCUT2D eigenvalue weighted by atomic mass is 9.70. The number of aliphatic hydroxyl groups is 1. The largest absolute Gasteiger partial charge is 0.468 e. The molecule has 0 aliphatic carbocycles. The topological polar surface area (TPSA) is 55.8 Å². The molecule has 86 valence electrons. The Kier molecular flexibility index (Phi) is 2.96. The van der Waals surface area contributed by atoms with Gasteiger partial charge in [0, 0.05) is 12.4 Å². The molecule has 2 rings (SSSR count). The molecule has 0 aromatic rings. The minimum absolute atomic E-state index is 0.288. The molecule has 2 heterocycles. The van der Waals surface area contributed by atoms with Crippen molar-refractivity contribution in [1.82, 2.24) is 0 Å². The molecule has 0 aromatic carbocycles. The van der Waals surface area contributed by atoms with Gasteiger partial charge in [-0.1, -0.05) is 0 Å². The zero-order valence-electron chi connectivity index (χ0n) is 8.82. The molecule has 2 unspecified atom stereocenters. The molecule has 4 nitrogen and oxygen atoms in total. The maximum absolute atomic E-state index is 11.9. The monoisotopic (exact) mass is 232 g/mol. The van der Waals surface area contributed by atoms with Crippen molar-refractivity contribution in [3.05, 3.63) is 0 Å². The fourth-order valence-corrected chi connectivity index (χ4v) is 3.79. The molecule has 15 heavy (non-hydrogen) atoms. The fraction of sp³-hybridized carbons (Fsp3) is 0.900. The van der Waals surface area contributed by atoms with Gasteiger partial charge < -0.3 is 14.6 Å². The molecular formula is C10H16O4S. The van der Waals surface area contributed by atoms with E-state index in [1.807, 2.05) is 0 Å². The number of methoxy groups -OCH3 is 1. The van der Waals surface area contributed by atoms with Crippen molar-refractivity contribution in [2.45, 2.75) is 18.4 Å². The molecule has 0 bridgehead atoms. The van der Waals surface area contributed by atoms with E-state index in [1.54, 1.807) is 11.8 Å². The van der Waals surface area contributed by atoms with Gasteiger partial charge in [0.05, 0.1) is 19.3 Å². The van der Waals surface area contributed by atoms with E-state index in [0.29, 0.717) is 25.2 Å². The van der Waals surface area contributed by atoms with E-state index in [0.717, 1.165) is 5.75 Å². The average molecular weight is 232 g/mol. The third kappa shape index (κ3) is 1.57. The maximum Gasteiger partial charge on any atom is 0.317 e. The van der Waals surface area contributed by atoms with Crippen molar-refractivity contribution >= 4 is 17.7 Å². The van der Waals surface area contributed by atoms with Gasteiger partial charge in [-0.05, 0) is 18.6 Å². The molecule has 5 heteroatoms. The van der Waals surface area contributed by atoms with Gasteiger partial charge in [0.15, 0.2) is 0 Å². The highest BCUT2D eigenvalue weighted by Crippen LogP contribution is 2.47. The Labute approximate surface area is 93.3 Å². The lowest BCUT2D eigenvalue weighted by Crippen LogP contribution is -2.54. The van der Waals surface area contributed by atoms with Crippen LogP contribution in [0, 0.1) is 5.41 Å². The molecule has 0 aromatic heterocycles. The Morgan fingerprint density at radius 1 is 1.53 bits per heavy atom. The van der Waals surface area contributed by atoms with Crippen molar-refractivity contribution in [3.63, 3.8) is 0 Å². The summed E-state index contributed by atoms with van der Waals surface area (Å²) in [7, 11) is 1.37. The Morgan fingerprint density at radius 3 is 2.80 bits per heavy atom. The van der Waals surface area contributed by atoms with Gasteiger partial charge in [-0.3, -0.25) is 4.79 Å². The first-order valence-electron chi connectivity index (χ1n) is 5.11. The van der Waals surface area contributed by atoms with Crippen LogP contribution < -0.4 is 0 Å². The minimum atomic E-state index is -0.943. The number of rotatable bonds is 2. The van der Waals surface area contributed by atoms with Gasteiger partial charge in [0.25, 0.3) is 0 Å². The van der Waals surface area contributed by atoms with Crippen molar-refractivity contribution in [2.75, 3.05) is 31.8 Å². The van der Waals surface area contributed by atoms with Crippen LogP contribution in [0.25, 0.3) is 0 Å². The molecule has 0 radical (unpaired) electrons. The van der Waals surface area contributed by atoms with Gasteiger partial charge in [-0.2, -0.15) is 11.8 Å². The number of thioether (sulfide) groups is 1. The van der Waals surface area contributed by atoms with Gasteiger partial charge in [-0.15, -0.1) is 0 Å². The first kappa shape index (κ1) is 11.2. The molecule has 2 aliphatic rings. The van der Waals surface area contributed by atoms with Crippen molar-refractivity contribution in [3.8, 4) is 0 Å². The second-order valence-electron chi connectivity index (χ2n) is 4.21. The summed E-state index contributed by atoms with van der Waals surface area (Å²) in [5, 5.41) is 10.5. The third-order valence-electron chi connectivity index (χ3n) is 3.49. The van der Waals surface area contributed by atoms with E-state index >= 15 is 0 Å². The summed E-state index contributed by atoms with van der Waals surface area (Å²) < 4.78 is 10.1. The van der Waals surface area contributed by atoms with Crippen LogP contribution in [-0.2, 0) is 14.3 Å². The number of carbonyl (C=O) groups excluding carboxylic acids is 1. The van der Waals surface area contributed by atoms with Crippen LogP contribution in [-0.4, -0.2) is 48.5 Å². The van der Waals surface area contributed by atoms with E-state index in [2.05, 4.69) is 0 Å². The van der Waals surface area contributed by atoms with E-state index in [4.69, 9.17) is 9.47 Å². The second-order valence-corrected chi connectivity index (χ2v) is 5.32. The molecule has 0 spiro atoms. The Balaban J connectivity index is 2.29. The quantitative estimate of drug-likeness (QED) is 0.700. The molecule has 2 fully saturated rings. The molecule has 0 saturated carbocycles. The first-order chi connectivity index (χ1) is 7.15. The first-order valence-corrected chi connectivity index (χ1v) is 6.26. The summed E-state index contributed by atoms with van der Waals surface area (Å²) in [6.07, 6.45) is 1.22. The van der Waals surface area contributed by atoms with E-state index in [-0.39, 0.29) is 12.6 Å². The number of hydrogen-bond donors (Lipinski definition) is 1. The van der Waals surface area contributed by atoms with E-state index < -0.39 is 11.0 Å². The minimum Gasteiger partial charge on any atom is -0.468 e.